The number of benzene rings is 1. The summed E-state index contributed by atoms with van der Waals surface area (Å²) in [6.07, 6.45) is 1.22. The van der Waals surface area contributed by atoms with Gasteiger partial charge in [-0.1, -0.05) is 24.3 Å². The van der Waals surface area contributed by atoms with Gasteiger partial charge in [0, 0.05) is 13.1 Å². The van der Waals surface area contributed by atoms with Gasteiger partial charge in [0.25, 0.3) is 0 Å². The van der Waals surface area contributed by atoms with E-state index in [0.717, 1.165) is 24.0 Å². The number of nitrogens with one attached hydrogen (secondary N) is 1. The Hall–Kier alpha value is -1.43. The zero-order chi connectivity index (χ0) is 13.7. The fraction of sp³-hybridized carbons (Fsp3) is 0.500. The number of rotatable bonds is 5. The molecular weight excluding hydrogens is 244 g/mol. The lowest BCUT2D eigenvalue weighted by Crippen LogP contribution is -2.35. The molecule has 0 aliphatic carbocycles. The van der Waals surface area contributed by atoms with Gasteiger partial charge in [-0.3, -0.25) is 4.79 Å². The van der Waals surface area contributed by atoms with E-state index in [9.17, 15) is 4.79 Å². The molecule has 1 aliphatic rings. The van der Waals surface area contributed by atoms with Gasteiger partial charge >= 0.3 is 0 Å². The predicted molar refractivity (Wildman–Crippen MR) is 71.2 cm³/mol. The lowest BCUT2D eigenvalue weighted by Gasteiger charge is -2.12. The number of carbonyl (C=O) groups excluding carboxylic acids is 1. The summed E-state index contributed by atoms with van der Waals surface area (Å²) in [5.41, 5.74) is 7.37. The zero-order valence-electron chi connectivity index (χ0n) is 10.8. The maximum absolute atomic E-state index is 11.9. The smallest absolute Gasteiger partial charge is 0.249 e. The Morgan fingerprint density at radius 2 is 2.00 bits per heavy atom. The minimum absolute atomic E-state index is 0.0135. The molecule has 5 heteroatoms. The first-order chi connectivity index (χ1) is 9.22. The van der Waals surface area contributed by atoms with E-state index in [0.29, 0.717) is 13.1 Å². The summed E-state index contributed by atoms with van der Waals surface area (Å²) >= 11 is 0. The van der Waals surface area contributed by atoms with Crippen LogP contribution in [0.5, 0.6) is 0 Å². The van der Waals surface area contributed by atoms with Crippen LogP contribution in [0.1, 0.15) is 24.0 Å². The average molecular weight is 264 g/mol. The van der Waals surface area contributed by atoms with Crippen molar-refractivity contribution in [2.24, 2.45) is 5.73 Å². The third-order valence-corrected chi connectivity index (χ3v) is 3.34. The molecule has 1 aliphatic heterocycles. The first-order valence-corrected chi connectivity index (χ1v) is 6.55. The van der Waals surface area contributed by atoms with Crippen LogP contribution in [0.4, 0.5) is 0 Å². The minimum atomic E-state index is -0.370. The summed E-state index contributed by atoms with van der Waals surface area (Å²) in [4.78, 5) is 11.9. The third kappa shape index (κ3) is 3.76. The van der Waals surface area contributed by atoms with E-state index >= 15 is 0 Å². The molecule has 2 rings (SSSR count). The van der Waals surface area contributed by atoms with Crippen LogP contribution in [0.25, 0.3) is 0 Å². The van der Waals surface area contributed by atoms with Gasteiger partial charge in [0.2, 0.25) is 5.91 Å². The molecule has 1 aromatic carbocycles. The second-order valence-corrected chi connectivity index (χ2v) is 4.75. The summed E-state index contributed by atoms with van der Waals surface area (Å²) in [5, 5.41) is 11.8. The molecule has 1 amide bonds. The number of hydrogen-bond acceptors (Lipinski definition) is 4. The van der Waals surface area contributed by atoms with Crippen molar-refractivity contribution in [1.82, 2.24) is 5.32 Å². The lowest BCUT2D eigenvalue weighted by molar-refractivity contribution is -0.132. The Morgan fingerprint density at radius 1 is 1.32 bits per heavy atom. The minimum Gasteiger partial charge on any atom is -0.392 e. The summed E-state index contributed by atoms with van der Waals surface area (Å²) in [6.45, 7) is 0.965. The molecule has 0 saturated carbocycles. The van der Waals surface area contributed by atoms with Gasteiger partial charge in [-0.05, 0) is 24.0 Å². The Morgan fingerprint density at radius 3 is 2.58 bits per heavy atom. The topological polar surface area (TPSA) is 84.6 Å². The number of hydrogen-bond donors (Lipinski definition) is 3. The van der Waals surface area contributed by atoms with Gasteiger partial charge in [0.15, 0.2) is 0 Å². The van der Waals surface area contributed by atoms with E-state index in [4.69, 9.17) is 15.6 Å². The fourth-order valence-electron chi connectivity index (χ4n) is 2.14. The molecule has 4 N–H and O–H groups in total. The zero-order valence-corrected chi connectivity index (χ0v) is 10.8. The highest BCUT2D eigenvalue weighted by molar-refractivity contribution is 5.81. The summed E-state index contributed by atoms with van der Waals surface area (Å²) < 4.78 is 5.53. The molecule has 0 bridgehead atoms. The quantitative estimate of drug-likeness (QED) is 0.714. The molecule has 104 valence electrons. The van der Waals surface area contributed by atoms with Gasteiger partial charge in [0.1, 0.15) is 6.10 Å². The lowest BCUT2D eigenvalue weighted by atomic mass is 10.1. The molecular formula is C14H20N2O3. The van der Waals surface area contributed by atoms with Crippen LogP contribution in [0.15, 0.2) is 24.3 Å². The van der Waals surface area contributed by atoms with Crippen LogP contribution < -0.4 is 11.1 Å². The number of ether oxygens (including phenoxy) is 1. The molecule has 19 heavy (non-hydrogen) atoms. The molecule has 1 aromatic rings. The first-order valence-electron chi connectivity index (χ1n) is 6.55. The van der Waals surface area contributed by atoms with Crippen LogP contribution in [0.3, 0.4) is 0 Å². The number of aliphatic hydroxyl groups excluding tert-OH is 1. The Balaban J connectivity index is 1.80. The van der Waals surface area contributed by atoms with Gasteiger partial charge in [-0.2, -0.15) is 0 Å². The number of amides is 1. The number of carbonyl (C=O) groups is 1. The molecule has 2 atom stereocenters. The van der Waals surface area contributed by atoms with E-state index < -0.39 is 0 Å². The monoisotopic (exact) mass is 264 g/mol. The van der Waals surface area contributed by atoms with Gasteiger partial charge in [-0.15, -0.1) is 0 Å². The second-order valence-electron chi connectivity index (χ2n) is 4.75. The molecule has 2 unspecified atom stereocenters. The van der Waals surface area contributed by atoms with Crippen molar-refractivity contribution in [2.75, 3.05) is 6.54 Å². The number of nitrogens with two attached hydrogens (primary N) is 1. The summed E-state index contributed by atoms with van der Waals surface area (Å²) in [5.74, 6) is -0.0813. The largest absolute Gasteiger partial charge is 0.392 e. The van der Waals surface area contributed by atoms with E-state index in [1.165, 1.54) is 0 Å². The van der Waals surface area contributed by atoms with Crippen molar-refractivity contribution >= 4 is 5.91 Å². The maximum Gasteiger partial charge on any atom is 0.249 e. The normalized spacial score (nSPS) is 22.4. The highest BCUT2D eigenvalue weighted by atomic mass is 16.5. The number of aliphatic hydroxyl groups is 1. The van der Waals surface area contributed by atoms with Crippen molar-refractivity contribution in [3.63, 3.8) is 0 Å². The second kappa shape index (κ2) is 6.65. The SMILES string of the molecule is NCC1CCC(C(=O)NCc2ccc(CO)cc2)O1. The predicted octanol–water partition coefficient (Wildman–Crippen LogP) is 0.301. The molecule has 0 aromatic heterocycles. The van der Waals surface area contributed by atoms with Crippen molar-refractivity contribution in [3.8, 4) is 0 Å². The average Bonchev–Trinajstić information content (AvgIpc) is 2.94. The van der Waals surface area contributed by atoms with Crippen molar-refractivity contribution in [1.29, 1.82) is 0 Å². The van der Waals surface area contributed by atoms with Gasteiger partial charge in [-0.25, -0.2) is 0 Å². The van der Waals surface area contributed by atoms with Crippen LogP contribution >= 0.6 is 0 Å². The Kier molecular flexibility index (Phi) is 4.90. The van der Waals surface area contributed by atoms with E-state index in [1.54, 1.807) is 0 Å². The molecule has 1 heterocycles. The molecule has 5 nitrogen and oxygen atoms in total. The van der Waals surface area contributed by atoms with E-state index in [1.807, 2.05) is 24.3 Å². The van der Waals surface area contributed by atoms with Crippen molar-refractivity contribution < 1.29 is 14.6 Å². The summed E-state index contributed by atoms with van der Waals surface area (Å²) in [6, 6.07) is 7.48. The molecule has 0 spiro atoms. The third-order valence-electron chi connectivity index (χ3n) is 3.34. The van der Waals surface area contributed by atoms with Gasteiger partial charge < -0.3 is 20.9 Å². The molecule has 1 saturated heterocycles. The van der Waals surface area contributed by atoms with Crippen molar-refractivity contribution in [3.05, 3.63) is 35.4 Å². The maximum atomic E-state index is 11.9. The van der Waals surface area contributed by atoms with Crippen LogP contribution in [-0.2, 0) is 22.7 Å². The van der Waals surface area contributed by atoms with Crippen molar-refractivity contribution in [2.45, 2.75) is 38.2 Å². The van der Waals surface area contributed by atoms with E-state index in [2.05, 4.69) is 5.32 Å². The highest BCUT2D eigenvalue weighted by Crippen LogP contribution is 2.18. The van der Waals surface area contributed by atoms with Crippen LogP contribution in [0, 0.1) is 0 Å². The summed E-state index contributed by atoms with van der Waals surface area (Å²) in [7, 11) is 0. The molecule has 1 fully saturated rings. The van der Waals surface area contributed by atoms with E-state index in [-0.39, 0.29) is 24.7 Å². The first kappa shape index (κ1) is 14.0. The standard InChI is InChI=1S/C14H20N2O3/c15-7-12-5-6-13(19-12)14(18)16-8-10-1-3-11(9-17)4-2-10/h1-4,12-13,17H,5-9,15H2,(H,16,18). The van der Waals surface area contributed by atoms with Gasteiger partial charge in [0.05, 0.1) is 12.7 Å². The Bertz CT molecular complexity index is 419. The highest BCUT2D eigenvalue weighted by Gasteiger charge is 2.29. The Labute approximate surface area is 112 Å². The van der Waals surface area contributed by atoms with Crippen LogP contribution in [-0.4, -0.2) is 29.8 Å². The molecule has 0 radical (unpaired) electrons. The van der Waals surface area contributed by atoms with Crippen LogP contribution in [0.2, 0.25) is 0 Å². The fourth-order valence-corrected chi connectivity index (χ4v) is 2.14.